The zero-order valence-electron chi connectivity index (χ0n) is 31.2. The van der Waals surface area contributed by atoms with E-state index in [1.54, 1.807) is 65.4 Å². The van der Waals surface area contributed by atoms with Crippen molar-refractivity contribution in [1.29, 1.82) is 0 Å². The summed E-state index contributed by atoms with van der Waals surface area (Å²) in [6, 6.07) is 10.0. The molecule has 2 aliphatic rings. The van der Waals surface area contributed by atoms with Gasteiger partial charge in [-0.3, -0.25) is 19.8 Å². The van der Waals surface area contributed by atoms with Gasteiger partial charge in [-0.05, 0) is 68.9 Å². The van der Waals surface area contributed by atoms with Gasteiger partial charge in [0, 0.05) is 29.4 Å². The predicted octanol–water partition coefficient (Wildman–Crippen LogP) is 3.78. The smallest absolute Gasteiger partial charge is 0.414 e. The standard InChI is InChI=1S/C36H41N9O8S2/c1-7-15-44-20-37-29-24(44)10-9-16-43(29)17-22-19-54-32-26(31(47)45(32)27(22)33(48)51-18-21-11-13-23(50-6)14-12-21)38-30(46)25(41-52-8-2)28-39-34(55-42-28)40-35(49)53-36(3,4)5/h9-14,16,20,26,32H,7-8,15,17-19H2,1-6H3,(H-,38,39,40,42,46,49)/p+1/b41-25-. The first-order chi connectivity index (χ1) is 26.4. The molecule has 0 aliphatic carbocycles. The summed E-state index contributed by atoms with van der Waals surface area (Å²) < 4.78 is 24.5. The number of β-lactam (4-membered cyclic amide) rings is 1. The van der Waals surface area contributed by atoms with Gasteiger partial charge < -0.3 is 28.9 Å². The number of benzene rings is 1. The van der Waals surface area contributed by atoms with Crippen LogP contribution < -0.4 is 19.9 Å². The molecule has 6 rings (SSSR count). The number of hydrogen-bond acceptors (Lipinski definition) is 14. The van der Waals surface area contributed by atoms with Crippen LogP contribution in [0.15, 0.2) is 65.3 Å². The van der Waals surface area contributed by atoms with E-state index in [4.69, 9.17) is 19.0 Å². The van der Waals surface area contributed by atoms with Crippen LogP contribution >= 0.6 is 23.3 Å². The first-order valence-electron chi connectivity index (χ1n) is 17.6. The van der Waals surface area contributed by atoms with E-state index in [0.29, 0.717) is 17.1 Å². The van der Waals surface area contributed by atoms with Gasteiger partial charge in [-0.25, -0.2) is 14.2 Å². The minimum absolute atomic E-state index is 0.0353. The van der Waals surface area contributed by atoms with Crippen LogP contribution in [0.5, 0.6) is 5.75 Å². The normalized spacial score (nSPS) is 17.0. The third kappa shape index (κ3) is 8.88. The highest BCUT2D eigenvalue weighted by Gasteiger charge is 2.55. The van der Waals surface area contributed by atoms with Crippen LogP contribution in [0.2, 0.25) is 0 Å². The Morgan fingerprint density at radius 3 is 2.62 bits per heavy atom. The zero-order valence-corrected chi connectivity index (χ0v) is 32.9. The zero-order chi connectivity index (χ0) is 39.3. The van der Waals surface area contributed by atoms with Crippen molar-refractivity contribution in [1.82, 2.24) is 29.1 Å². The first kappa shape index (κ1) is 39.1. The largest absolute Gasteiger partial charge is 0.497 e. The molecule has 0 spiro atoms. The van der Waals surface area contributed by atoms with Gasteiger partial charge in [0.1, 0.15) is 53.7 Å². The first-order valence-corrected chi connectivity index (χ1v) is 19.4. The van der Waals surface area contributed by atoms with Crippen LogP contribution in [0.3, 0.4) is 0 Å². The molecule has 19 heteroatoms. The fourth-order valence-electron chi connectivity index (χ4n) is 5.85. The molecule has 0 radical (unpaired) electrons. The minimum Gasteiger partial charge on any atom is -0.497 e. The number of aromatic nitrogens is 5. The van der Waals surface area contributed by atoms with E-state index >= 15 is 0 Å². The van der Waals surface area contributed by atoms with Crippen LogP contribution in [0.4, 0.5) is 9.93 Å². The second kappa shape index (κ2) is 16.8. The van der Waals surface area contributed by atoms with Gasteiger partial charge in [0.15, 0.2) is 0 Å². The lowest BCUT2D eigenvalue weighted by atomic mass is 10.0. The molecular formula is C36H42N9O8S2+. The van der Waals surface area contributed by atoms with Gasteiger partial charge >= 0.3 is 17.7 Å². The summed E-state index contributed by atoms with van der Waals surface area (Å²) in [4.78, 5) is 69.3. The molecule has 0 saturated carbocycles. The molecule has 3 amide bonds. The molecule has 5 heterocycles. The Kier molecular flexibility index (Phi) is 12.0. The van der Waals surface area contributed by atoms with E-state index in [1.807, 2.05) is 22.9 Å². The van der Waals surface area contributed by atoms with Gasteiger partial charge in [0.2, 0.25) is 23.0 Å². The number of nitrogens with zero attached hydrogens (tertiary/aromatic N) is 7. The van der Waals surface area contributed by atoms with Crippen LogP contribution in [-0.2, 0) is 48.4 Å². The number of hydrogen-bond donors (Lipinski definition) is 2. The number of thioether (sulfide) groups is 1. The molecule has 1 saturated heterocycles. The maximum absolute atomic E-state index is 14.0. The molecule has 1 aromatic carbocycles. The number of amides is 3. The lowest BCUT2D eigenvalue weighted by Gasteiger charge is -2.49. The Labute approximate surface area is 325 Å². The van der Waals surface area contributed by atoms with E-state index in [-0.39, 0.29) is 42.1 Å². The topological polar surface area (TPSA) is 192 Å². The monoisotopic (exact) mass is 792 g/mol. The average Bonchev–Trinajstić information content (AvgIpc) is 3.79. The van der Waals surface area contributed by atoms with Gasteiger partial charge in [0.05, 0.1) is 13.3 Å². The van der Waals surface area contributed by atoms with Gasteiger partial charge in [0.25, 0.3) is 11.8 Å². The predicted molar refractivity (Wildman–Crippen MR) is 203 cm³/mol. The summed E-state index contributed by atoms with van der Waals surface area (Å²) in [5.74, 6) is -1.06. The summed E-state index contributed by atoms with van der Waals surface area (Å²) >= 11 is 2.22. The van der Waals surface area contributed by atoms with E-state index in [1.165, 1.54) is 16.7 Å². The molecule has 2 atom stereocenters. The Morgan fingerprint density at radius 2 is 1.91 bits per heavy atom. The number of imidazole rings is 1. The highest BCUT2D eigenvalue weighted by molar-refractivity contribution is 8.00. The lowest BCUT2D eigenvalue weighted by molar-refractivity contribution is -0.664. The number of esters is 1. The highest BCUT2D eigenvalue weighted by atomic mass is 32.2. The SMILES string of the molecule is CCCn1cnc2c1ccc[n+]2CC1=C(C(=O)OCc2ccc(OC)cc2)N2C(=O)C(NC(=O)/C(=N\OCC)c3nsc(NC(=O)OC(C)(C)C)n3)C2SC1. The maximum atomic E-state index is 14.0. The Hall–Kier alpha value is -5.56. The Balaban J connectivity index is 1.24. The van der Waals surface area contributed by atoms with E-state index in [0.717, 1.165) is 41.2 Å². The van der Waals surface area contributed by atoms with Crippen molar-refractivity contribution in [3.05, 3.63) is 71.6 Å². The molecular weight excluding hydrogens is 751 g/mol. The van der Waals surface area contributed by atoms with Gasteiger partial charge in [-0.2, -0.15) is 9.36 Å². The number of aryl methyl sites for hydroxylation is 1. The second-order valence-corrected chi connectivity index (χ2v) is 15.3. The van der Waals surface area contributed by atoms with Crippen molar-refractivity contribution < 1.29 is 42.8 Å². The van der Waals surface area contributed by atoms with Crippen molar-refractivity contribution in [2.75, 3.05) is 24.8 Å². The number of nitrogens with one attached hydrogen (secondary N) is 2. The number of ether oxygens (including phenoxy) is 3. The number of fused-ring (bicyclic) bond motifs is 2. The van der Waals surface area contributed by atoms with Crippen LogP contribution in [0.1, 0.15) is 52.4 Å². The fourth-order valence-corrected chi connectivity index (χ4v) is 7.74. The van der Waals surface area contributed by atoms with Crippen molar-refractivity contribution >= 4 is 69.2 Å². The summed E-state index contributed by atoms with van der Waals surface area (Å²) in [7, 11) is 1.57. The fraction of sp³-hybridized carbons (Fsp3) is 0.417. The number of pyridine rings is 1. The Bertz CT molecular complexity index is 2140. The third-order valence-corrected chi connectivity index (χ3v) is 10.2. The third-order valence-electron chi connectivity index (χ3n) is 8.28. The summed E-state index contributed by atoms with van der Waals surface area (Å²) in [6.07, 6.45) is 3.87. The summed E-state index contributed by atoms with van der Waals surface area (Å²) in [6.45, 7) is 10.1. The quantitative estimate of drug-likeness (QED) is 0.0619. The van der Waals surface area contributed by atoms with Crippen LogP contribution in [0, 0.1) is 0 Å². The van der Waals surface area contributed by atoms with Gasteiger partial charge in [-0.1, -0.05) is 24.2 Å². The van der Waals surface area contributed by atoms with Crippen molar-refractivity contribution in [3.8, 4) is 5.75 Å². The lowest BCUT2D eigenvalue weighted by Crippen LogP contribution is -2.71. The Morgan fingerprint density at radius 1 is 1.13 bits per heavy atom. The molecule has 2 aliphatic heterocycles. The highest BCUT2D eigenvalue weighted by Crippen LogP contribution is 2.41. The maximum Gasteiger partial charge on any atom is 0.414 e. The minimum atomic E-state index is -1.02. The molecule has 3 aromatic heterocycles. The van der Waals surface area contributed by atoms with E-state index in [2.05, 4.69) is 41.6 Å². The van der Waals surface area contributed by atoms with Crippen molar-refractivity contribution in [2.24, 2.45) is 5.16 Å². The van der Waals surface area contributed by atoms with Crippen LogP contribution in [0.25, 0.3) is 11.2 Å². The van der Waals surface area contributed by atoms with Crippen molar-refractivity contribution in [2.45, 2.75) is 77.8 Å². The van der Waals surface area contributed by atoms with Crippen molar-refractivity contribution in [3.63, 3.8) is 0 Å². The molecule has 2 unspecified atom stereocenters. The molecule has 4 aromatic rings. The van der Waals surface area contributed by atoms with E-state index in [9.17, 15) is 19.2 Å². The molecule has 0 bridgehead atoms. The number of carbonyl (C=O) groups is 4. The molecule has 1 fully saturated rings. The number of anilines is 1. The molecule has 55 heavy (non-hydrogen) atoms. The average molecular weight is 793 g/mol. The molecule has 2 N–H and O–H groups in total. The molecule has 290 valence electrons. The number of methoxy groups -OCH3 is 1. The molecule has 17 nitrogen and oxygen atoms in total. The summed E-state index contributed by atoms with van der Waals surface area (Å²) in [5, 5.41) is 8.57. The van der Waals surface area contributed by atoms with Crippen LogP contribution in [-0.4, -0.2) is 89.9 Å². The number of carbonyl (C=O) groups excluding carboxylic acids is 4. The number of rotatable bonds is 14. The second-order valence-electron chi connectivity index (χ2n) is 13.4. The van der Waals surface area contributed by atoms with E-state index < -0.39 is 40.9 Å². The van der Waals surface area contributed by atoms with Gasteiger partial charge in [-0.15, -0.1) is 11.8 Å². The number of oxime groups is 1. The summed E-state index contributed by atoms with van der Waals surface area (Å²) in [5.41, 5.74) is 2.16.